The Labute approximate surface area is 149 Å². The Kier molecular flexibility index (Phi) is 5.27. The van der Waals surface area contributed by atoms with E-state index in [0.717, 1.165) is 10.6 Å². The third-order valence-corrected chi connectivity index (χ3v) is 5.72. The van der Waals surface area contributed by atoms with Crippen LogP contribution in [0, 0.1) is 6.92 Å². The number of halogens is 2. The summed E-state index contributed by atoms with van der Waals surface area (Å²) in [6.45, 7) is 1.80. The van der Waals surface area contributed by atoms with Crippen LogP contribution < -0.4 is 5.32 Å². The van der Waals surface area contributed by atoms with Gasteiger partial charge in [0.1, 0.15) is 9.88 Å². The summed E-state index contributed by atoms with van der Waals surface area (Å²) < 4.78 is 24.6. The molecule has 0 fully saturated rings. The van der Waals surface area contributed by atoms with E-state index in [1.807, 2.05) is 16.8 Å². The van der Waals surface area contributed by atoms with Crippen LogP contribution in [0.2, 0.25) is 0 Å². The molecule has 0 aliphatic carbocycles. The SMILES string of the molecule is Cc1nc(-c2ccsc2)sc1C(=O)Nc1ccc(SC(F)F)cc1. The van der Waals surface area contributed by atoms with Gasteiger partial charge in [0.05, 0.1) is 5.69 Å². The first-order valence-electron chi connectivity index (χ1n) is 6.89. The molecule has 3 nitrogen and oxygen atoms in total. The monoisotopic (exact) mass is 382 g/mol. The first kappa shape index (κ1) is 17.1. The normalized spacial score (nSPS) is 11.0. The maximum absolute atomic E-state index is 12.4. The summed E-state index contributed by atoms with van der Waals surface area (Å²) in [7, 11) is 0. The minimum Gasteiger partial charge on any atom is -0.321 e. The molecule has 1 amide bonds. The zero-order valence-corrected chi connectivity index (χ0v) is 14.9. The number of thioether (sulfide) groups is 1. The average Bonchev–Trinajstić information content (AvgIpc) is 3.18. The van der Waals surface area contributed by atoms with Crippen molar-refractivity contribution in [3.63, 3.8) is 0 Å². The van der Waals surface area contributed by atoms with Crippen LogP contribution in [0.3, 0.4) is 0 Å². The molecule has 0 saturated carbocycles. The first-order valence-corrected chi connectivity index (χ1v) is 9.53. The van der Waals surface area contributed by atoms with Crippen molar-refractivity contribution >= 4 is 46.0 Å². The highest BCUT2D eigenvalue weighted by Gasteiger charge is 2.16. The van der Waals surface area contributed by atoms with Crippen molar-refractivity contribution in [2.75, 3.05) is 5.32 Å². The van der Waals surface area contributed by atoms with Crippen LogP contribution in [-0.4, -0.2) is 16.6 Å². The van der Waals surface area contributed by atoms with Gasteiger partial charge in [-0.2, -0.15) is 20.1 Å². The number of carbonyl (C=O) groups is 1. The Morgan fingerprint density at radius 2 is 2.00 bits per heavy atom. The maximum Gasteiger partial charge on any atom is 0.288 e. The van der Waals surface area contributed by atoms with Crippen molar-refractivity contribution in [1.29, 1.82) is 0 Å². The van der Waals surface area contributed by atoms with E-state index in [0.29, 0.717) is 32.9 Å². The van der Waals surface area contributed by atoms with E-state index in [2.05, 4.69) is 10.3 Å². The second kappa shape index (κ2) is 7.42. The second-order valence-electron chi connectivity index (χ2n) is 4.80. The summed E-state index contributed by atoms with van der Waals surface area (Å²) in [4.78, 5) is 17.9. The molecular weight excluding hydrogens is 370 g/mol. The number of nitrogens with one attached hydrogen (secondary N) is 1. The molecule has 3 aromatic rings. The number of rotatable bonds is 5. The molecule has 0 atom stereocenters. The molecule has 2 aromatic heterocycles. The molecule has 3 rings (SSSR count). The summed E-state index contributed by atoms with van der Waals surface area (Å²) in [6, 6.07) is 8.30. The highest BCUT2D eigenvalue weighted by molar-refractivity contribution is 7.99. The number of alkyl halides is 2. The van der Waals surface area contributed by atoms with E-state index in [1.165, 1.54) is 11.3 Å². The Balaban J connectivity index is 1.73. The Bertz CT molecular complexity index is 830. The van der Waals surface area contributed by atoms with Crippen molar-refractivity contribution in [2.45, 2.75) is 17.6 Å². The van der Waals surface area contributed by atoms with E-state index in [4.69, 9.17) is 0 Å². The number of thiophene rings is 1. The van der Waals surface area contributed by atoms with Gasteiger partial charge in [0.2, 0.25) is 0 Å². The number of aromatic nitrogens is 1. The zero-order chi connectivity index (χ0) is 17.1. The maximum atomic E-state index is 12.4. The molecule has 124 valence electrons. The van der Waals surface area contributed by atoms with Gasteiger partial charge in [-0.3, -0.25) is 4.79 Å². The van der Waals surface area contributed by atoms with E-state index in [9.17, 15) is 13.6 Å². The van der Waals surface area contributed by atoms with Crippen LogP contribution in [0.25, 0.3) is 10.6 Å². The second-order valence-corrected chi connectivity index (χ2v) is 7.65. The highest BCUT2D eigenvalue weighted by atomic mass is 32.2. The lowest BCUT2D eigenvalue weighted by Gasteiger charge is -2.05. The minimum atomic E-state index is -2.46. The van der Waals surface area contributed by atoms with Crippen LogP contribution in [0.4, 0.5) is 14.5 Å². The Morgan fingerprint density at radius 3 is 2.62 bits per heavy atom. The van der Waals surface area contributed by atoms with E-state index in [1.54, 1.807) is 42.5 Å². The molecule has 0 bridgehead atoms. The van der Waals surface area contributed by atoms with Crippen LogP contribution in [0.5, 0.6) is 0 Å². The molecule has 0 aliphatic heterocycles. The molecule has 0 unspecified atom stereocenters. The van der Waals surface area contributed by atoms with E-state index in [-0.39, 0.29) is 5.91 Å². The summed E-state index contributed by atoms with van der Waals surface area (Å²) in [5.41, 5.74) is 2.23. The van der Waals surface area contributed by atoms with E-state index >= 15 is 0 Å². The Morgan fingerprint density at radius 1 is 1.25 bits per heavy atom. The molecule has 0 saturated heterocycles. The lowest BCUT2D eigenvalue weighted by molar-refractivity contribution is 0.103. The van der Waals surface area contributed by atoms with Gasteiger partial charge >= 0.3 is 0 Å². The van der Waals surface area contributed by atoms with Crippen molar-refractivity contribution in [1.82, 2.24) is 4.98 Å². The quantitative estimate of drug-likeness (QED) is 0.572. The van der Waals surface area contributed by atoms with Crippen molar-refractivity contribution in [2.24, 2.45) is 0 Å². The molecule has 0 spiro atoms. The number of benzene rings is 1. The minimum absolute atomic E-state index is 0.249. The smallest absolute Gasteiger partial charge is 0.288 e. The predicted molar refractivity (Wildman–Crippen MR) is 96.4 cm³/mol. The molecular formula is C16H12F2N2OS3. The summed E-state index contributed by atoms with van der Waals surface area (Å²) in [5.74, 6) is -2.71. The summed E-state index contributed by atoms with van der Waals surface area (Å²) in [5, 5.41) is 7.53. The number of hydrogen-bond acceptors (Lipinski definition) is 5. The Hall–Kier alpha value is -1.77. The topological polar surface area (TPSA) is 42.0 Å². The largest absolute Gasteiger partial charge is 0.321 e. The van der Waals surface area contributed by atoms with Gasteiger partial charge in [-0.05, 0) is 42.6 Å². The number of hydrogen-bond donors (Lipinski definition) is 1. The zero-order valence-electron chi connectivity index (χ0n) is 12.5. The predicted octanol–water partition coefficient (Wildman–Crippen LogP) is 5.75. The van der Waals surface area contributed by atoms with Crippen LogP contribution >= 0.6 is 34.4 Å². The van der Waals surface area contributed by atoms with Crippen LogP contribution in [-0.2, 0) is 0 Å². The molecule has 1 N–H and O–H groups in total. The summed E-state index contributed by atoms with van der Waals surface area (Å²) in [6.07, 6.45) is 0. The number of thiazole rings is 1. The molecule has 24 heavy (non-hydrogen) atoms. The van der Waals surface area contributed by atoms with Gasteiger partial charge in [-0.25, -0.2) is 4.98 Å². The molecule has 2 heterocycles. The van der Waals surface area contributed by atoms with Crippen molar-refractivity contribution in [3.8, 4) is 10.6 Å². The standard InChI is InChI=1S/C16H12F2N2OS3/c1-9-13(24-15(19-9)10-6-7-22-8-10)14(21)20-11-2-4-12(5-3-11)23-16(17)18/h2-8,16H,1H3,(H,20,21). The van der Waals surface area contributed by atoms with E-state index < -0.39 is 5.76 Å². The van der Waals surface area contributed by atoms with Crippen molar-refractivity contribution < 1.29 is 13.6 Å². The third-order valence-electron chi connectivity index (χ3n) is 3.11. The summed E-state index contributed by atoms with van der Waals surface area (Å²) >= 11 is 3.39. The fourth-order valence-electron chi connectivity index (χ4n) is 2.02. The van der Waals surface area contributed by atoms with Gasteiger partial charge in [-0.1, -0.05) is 11.8 Å². The fraction of sp³-hybridized carbons (Fsp3) is 0.125. The van der Waals surface area contributed by atoms with Crippen LogP contribution in [0.15, 0.2) is 46.0 Å². The number of anilines is 1. The van der Waals surface area contributed by atoms with Gasteiger partial charge in [0, 0.05) is 21.5 Å². The number of amides is 1. The van der Waals surface area contributed by atoms with Gasteiger partial charge in [0.25, 0.3) is 11.7 Å². The molecule has 1 aromatic carbocycles. The lowest BCUT2D eigenvalue weighted by Crippen LogP contribution is -2.11. The molecule has 8 heteroatoms. The van der Waals surface area contributed by atoms with Gasteiger partial charge in [-0.15, -0.1) is 11.3 Å². The fourth-order valence-corrected chi connectivity index (χ4v) is 4.20. The van der Waals surface area contributed by atoms with Gasteiger partial charge in [0.15, 0.2) is 0 Å². The molecule has 0 aliphatic rings. The highest BCUT2D eigenvalue weighted by Crippen LogP contribution is 2.30. The average molecular weight is 382 g/mol. The lowest BCUT2D eigenvalue weighted by atomic mass is 10.3. The number of carbonyl (C=O) groups excluding carboxylic acids is 1. The van der Waals surface area contributed by atoms with Gasteiger partial charge < -0.3 is 5.32 Å². The third kappa shape index (κ3) is 4.00. The number of aryl methyl sites for hydroxylation is 1. The van der Waals surface area contributed by atoms with Crippen LogP contribution in [0.1, 0.15) is 15.4 Å². The molecule has 0 radical (unpaired) electrons. The van der Waals surface area contributed by atoms with Crippen molar-refractivity contribution in [3.05, 3.63) is 51.7 Å². The number of nitrogens with zero attached hydrogens (tertiary/aromatic N) is 1. The first-order chi connectivity index (χ1) is 11.5.